The first-order valence-corrected chi connectivity index (χ1v) is 11.6. The second-order valence-electron chi connectivity index (χ2n) is 6.96. The third kappa shape index (κ3) is 5.72. The Hall–Kier alpha value is -2.61. The lowest BCUT2D eigenvalue weighted by Gasteiger charge is -2.16. The van der Waals surface area contributed by atoms with E-state index < -0.39 is 10.0 Å². The molecule has 0 atom stereocenters. The second-order valence-corrected chi connectivity index (χ2v) is 9.49. The predicted molar refractivity (Wildman–Crippen MR) is 129 cm³/mol. The van der Waals surface area contributed by atoms with Crippen molar-refractivity contribution in [3.8, 4) is 0 Å². The van der Waals surface area contributed by atoms with E-state index in [4.69, 9.17) is 23.8 Å². The van der Waals surface area contributed by atoms with Crippen LogP contribution >= 0.6 is 23.8 Å². The Labute approximate surface area is 187 Å². The van der Waals surface area contributed by atoms with Crippen molar-refractivity contribution in [1.29, 1.82) is 0 Å². The van der Waals surface area contributed by atoms with Gasteiger partial charge in [-0.25, -0.2) is 8.42 Å². The van der Waals surface area contributed by atoms with Crippen molar-refractivity contribution >= 4 is 56.0 Å². The van der Waals surface area contributed by atoms with Crippen molar-refractivity contribution in [1.82, 2.24) is 0 Å². The molecule has 3 N–H and O–H groups in total. The monoisotopic (exact) mass is 459 g/mol. The fourth-order valence-electron chi connectivity index (χ4n) is 2.88. The fourth-order valence-corrected chi connectivity index (χ4v) is 4.35. The molecule has 3 aromatic rings. The summed E-state index contributed by atoms with van der Waals surface area (Å²) >= 11 is 11.3. The van der Waals surface area contributed by atoms with Gasteiger partial charge in [0.2, 0.25) is 0 Å². The van der Waals surface area contributed by atoms with Gasteiger partial charge in [0, 0.05) is 16.4 Å². The molecule has 0 aliphatic rings. The van der Waals surface area contributed by atoms with E-state index in [0.29, 0.717) is 27.4 Å². The van der Waals surface area contributed by atoms with Gasteiger partial charge in [-0.1, -0.05) is 49.7 Å². The third-order valence-electron chi connectivity index (χ3n) is 4.33. The largest absolute Gasteiger partial charge is 0.332 e. The number of thiocarbonyl (C=S) groups is 1. The van der Waals surface area contributed by atoms with E-state index in [1.807, 2.05) is 18.2 Å². The van der Waals surface area contributed by atoms with Crippen LogP contribution in [0.1, 0.15) is 25.3 Å². The highest BCUT2D eigenvalue weighted by Gasteiger charge is 2.14. The zero-order chi connectivity index (χ0) is 21.7. The summed E-state index contributed by atoms with van der Waals surface area (Å²) in [5, 5.41) is 7.16. The van der Waals surface area contributed by atoms with Crippen LogP contribution in [0.4, 0.5) is 17.1 Å². The molecular formula is C22H22ClN3O2S2. The van der Waals surface area contributed by atoms with Gasteiger partial charge in [-0.15, -0.1) is 0 Å². The summed E-state index contributed by atoms with van der Waals surface area (Å²) in [6, 6.07) is 20.9. The number of sulfonamides is 1. The molecule has 156 valence electrons. The maximum Gasteiger partial charge on any atom is 0.261 e. The first-order valence-electron chi connectivity index (χ1n) is 9.30. The van der Waals surface area contributed by atoms with Crippen molar-refractivity contribution in [3.63, 3.8) is 0 Å². The average molecular weight is 460 g/mol. The molecule has 0 unspecified atom stereocenters. The van der Waals surface area contributed by atoms with Gasteiger partial charge >= 0.3 is 0 Å². The van der Waals surface area contributed by atoms with Gasteiger partial charge in [-0.05, 0) is 72.2 Å². The molecule has 0 heterocycles. The van der Waals surface area contributed by atoms with E-state index in [1.165, 1.54) is 12.1 Å². The second kappa shape index (κ2) is 9.47. The number of benzene rings is 3. The maximum absolute atomic E-state index is 12.6. The topological polar surface area (TPSA) is 70.2 Å². The summed E-state index contributed by atoms with van der Waals surface area (Å²) in [5.41, 5.74) is 3.18. The molecule has 0 bridgehead atoms. The molecule has 8 heteroatoms. The Balaban J connectivity index is 1.68. The standard InChI is InChI=1S/C22H22ClN3O2S2/c1-15(2)20-8-3-4-9-21(20)25-22(29)24-17-10-12-19(13-11-17)30(27,28)26-18-7-5-6-16(23)14-18/h3-15,26H,1-2H3,(H2,24,25,29). The average Bonchev–Trinajstić information content (AvgIpc) is 2.68. The van der Waals surface area contributed by atoms with Crippen LogP contribution in [-0.2, 0) is 10.0 Å². The van der Waals surface area contributed by atoms with Crippen molar-refractivity contribution in [3.05, 3.63) is 83.4 Å². The molecule has 0 radical (unpaired) electrons. The van der Waals surface area contributed by atoms with Crippen molar-refractivity contribution in [2.75, 3.05) is 15.4 Å². The maximum atomic E-state index is 12.6. The molecule has 0 spiro atoms. The number of nitrogens with one attached hydrogen (secondary N) is 3. The van der Waals surface area contributed by atoms with Gasteiger partial charge in [0.05, 0.1) is 10.6 Å². The lowest BCUT2D eigenvalue weighted by molar-refractivity contribution is 0.601. The Kier molecular flexibility index (Phi) is 6.97. The Bertz CT molecular complexity index is 1150. The molecule has 0 fully saturated rings. The highest BCUT2D eigenvalue weighted by molar-refractivity contribution is 7.92. The molecule has 0 saturated carbocycles. The molecule has 0 saturated heterocycles. The zero-order valence-corrected chi connectivity index (χ0v) is 18.9. The van der Waals surface area contributed by atoms with Crippen molar-refractivity contribution in [2.24, 2.45) is 0 Å². The van der Waals surface area contributed by atoms with Gasteiger partial charge in [0.1, 0.15) is 0 Å². The highest BCUT2D eigenvalue weighted by atomic mass is 35.5. The summed E-state index contributed by atoms with van der Waals surface area (Å²) in [6.07, 6.45) is 0. The Morgan fingerprint density at radius 1 is 0.900 bits per heavy atom. The SMILES string of the molecule is CC(C)c1ccccc1NC(=S)Nc1ccc(S(=O)(=O)Nc2cccc(Cl)c2)cc1. The van der Waals surface area contributed by atoms with Crippen molar-refractivity contribution in [2.45, 2.75) is 24.7 Å². The quantitative estimate of drug-likeness (QED) is 0.390. The van der Waals surface area contributed by atoms with E-state index >= 15 is 0 Å². The molecule has 30 heavy (non-hydrogen) atoms. The van der Waals surface area contributed by atoms with Crippen LogP contribution in [0, 0.1) is 0 Å². The lowest BCUT2D eigenvalue weighted by Crippen LogP contribution is -2.20. The van der Waals surface area contributed by atoms with E-state index in [-0.39, 0.29) is 4.90 Å². The summed E-state index contributed by atoms with van der Waals surface area (Å²) in [5.74, 6) is 0.355. The smallest absolute Gasteiger partial charge is 0.261 e. The minimum Gasteiger partial charge on any atom is -0.332 e. The molecule has 5 nitrogen and oxygen atoms in total. The van der Waals surface area contributed by atoms with E-state index in [0.717, 1.165) is 11.3 Å². The molecule has 0 aliphatic heterocycles. The van der Waals surface area contributed by atoms with Crippen LogP contribution in [0.25, 0.3) is 0 Å². The van der Waals surface area contributed by atoms with Gasteiger partial charge < -0.3 is 10.6 Å². The van der Waals surface area contributed by atoms with Gasteiger partial charge in [-0.3, -0.25) is 4.72 Å². The van der Waals surface area contributed by atoms with Crippen LogP contribution in [0.3, 0.4) is 0 Å². The Morgan fingerprint density at radius 3 is 2.27 bits per heavy atom. The van der Waals surface area contributed by atoms with Crippen LogP contribution in [0.15, 0.2) is 77.7 Å². The van der Waals surface area contributed by atoms with Gasteiger partial charge in [0.15, 0.2) is 5.11 Å². The number of hydrogen-bond donors (Lipinski definition) is 3. The number of rotatable bonds is 6. The Morgan fingerprint density at radius 2 is 1.60 bits per heavy atom. The summed E-state index contributed by atoms with van der Waals surface area (Å²) in [6.45, 7) is 4.24. The van der Waals surface area contributed by atoms with Crippen LogP contribution in [0.2, 0.25) is 5.02 Å². The first-order chi connectivity index (χ1) is 14.2. The van der Waals surface area contributed by atoms with Crippen molar-refractivity contribution < 1.29 is 8.42 Å². The molecule has 3 aromatic carbocycles. The lowest BCUT2D eigenvalue weighted by atomic mass is 10.0. The summed E-state index contributed by atoms with van der Waals surface area (Å²) in [4.78, 5) is 0.136. The minimum atomic E-state index is -3.72. The normalized spacial score (nSPS) is 11.2. The third-order valence-corrected chi connectivity index (χ3v) is 6.17. The van der Waals surface area contributed by atoms with E-state index in [1.54, 1.807) is 36.4 Å². The predicted octanol–water partition coefficient (Wildman–Crippen LogP) is 6.07. The van der Waals surface area contributed by atoms with Crippen LogP contribution < -0.4 is 15.4 Å². The summed E-state index contributed by atoms with van der Waals surface area (Å²) < 4.78 is 27.7. The van der Waals surface area contributed by atoms with Gasteiger partial charge in [0.25, 0.3) is 10.0 Å². The number of halogens is 1. The minimum absolute atomic E-state index is 0.136. The van der Waals surface area contributed by atoms with Crippen LogP contribution in [-0.4, -0.2) is 13.5 Å². The molecule has 0 aliphatic carbocycles. The molecule has 3 rings (SSSR count). The van der Waals surface area contributed by atoms with Crippen LogP contribution in [0.5, 0.6) is 0 Å². The fraction of sp³-hybridized carbons (Fsp3) is 0.136. The molecule has 0 aromatic heterocycles. The van der Waals surface area contributed by atoms with E-state index in [9.17, 15) is 8.42 Å². The highest BCUT2D eigenvalue weighted by Crippen LogP contribution is 2.24. The number of para-hydroxylation sites is 1. The van der Waals surface area contributed by atoms with E-state index in [2.05, 4.69) is 35.3 Å². The summed E-state index contributed by atoms with van der Waals surface area (Å²) in [7, 11) is -3.72. The van der Waals surface area contributed by atoms with Gasteiger partial charge in [-0.2, -0.15) is 0 Å². The molecule has 0 amide bonds. The molecular weight excluding hydrogens is 438 g/mol. The zero-order valence-electron chi connectivity index (χ0n) is 16.5. The number of anilines is 3. The number of hydrogen-bond acceptors (Lipinski definition) is 3. The first kappa shape index (κ1) is 22.1.